The van der Waals surface area contributed by atoms with Gasteiger partial charge in [0.15, 0.2) is 0 Å². The van der Waals surface area contributed by atoms with Gasteiger partial charge in [0.05, 0.1) is 0 Å². The first kappa shape index (κ1) is 16.9. The zero-order valence-electron chi connectivity index (χ0n) is 12.7. The van der Waals surface area contributed by atoms with Gasteiger partial charge >= 0.3 is 6.09 Å². The quantitative estimate of drug-likeness (QED) is 0.840. The van der Waals surface area contributed by atoms with Crippen LogP contribution in [0.15, 0.2) is 0 Å². The average Bonchev–Trinajstić information content (AvgIpc) is 2.06. The van der Waals surface area contributed by atoms with Gasteiger partial charge in [-0.25, -0.2) is 4.79 Å². The molecule has 0 aliphatic rings. The molecule has 4 nitrogen and oxygen atoms in total. The van der Waals surface area contributed by atoms with E-state index in [4.69, 9.17) is 4.74 Å². The van der Waals surface area contributed by atoms with Crippen molar-refractivity contribution >= 4 is 11.9 Å². The number of carbonyl (C=O) groups is 2. The standard InChI is InChI=1S/C14H27NO3/c1-10(16)8-9-11(13(2,3)4)15-12(17)18-14(5,6)7/h11H,8-9H2,1-7H3,(H,15,17). The summed E-state index contributed by atoms with van der Waals surface area (Å²) < 4.78 is 5.24. The molecule has 0 saturated heterocycles. The Morgan fingerprint density at radius 2 is 1.61 bits per heavy atom. The molecule has 0 fully saturated rings. The Balaban J connectivity index is 4.51. The molecular formula is C14H27NO3. The first-order valence-electron chi connectivity index (χ1n) is 6.41. The number of amides is 1. The van der Waals surface area contributed by atoms with E-state index in [2.05, 4.69) is 5.32 Å². The smallest absolute Gasteiger partial charge is 0.407 e. The largest absolute Gasteiger partial charge is 0.444 e. The lowest BCUT2D eigenvalue weighted by Gasteiger charge is -2.32. The summed E-state index contributed by atoms with van der Waals surface area (Å²) in [6, 6.07) is -0.0729. The lowest BCUT2D eigenvalue weighted by atomic mass is 9.84. The van der Waals surface area contributed by atoms with Gasteiger partial charge in [0.2, 0.25) is 0 Å². The maximum atomic E-state index is 11.7. The number of Topliss-reactive ketones (excluding diaryl/α,β-unsaturated/α-hetero) is 1. The highest BCUT2D eigenvalue weighted by molar-refractivity contribution is 5.75. The van der Waals surface area contributed by atoms with E-state index in [9.17, 15) is 9.59 Å². The van der Waals surface area contributed by atoms with E-state index in [1.165, 1.54) is 0 Å². The van der Waals surface area contributed by atoms with Crippen molar-refractivity contribution in [3.8, 4) is 0 Å². The summed E-state index contributed by atoms with van der Waals surface area (Å²) in [7, 11) is 0. The number of alkyl carbamates (subject to hydrolysis) is 1. The second kappa shape index (κ2) is 6.21. The minimum absolute atomic E-state index is 0.0729. The number of hydrogen-bond acceptors (Lipinski definition) is 3. The van der Waals surface area contributed by atoms with Gasteiger partial charge in [0.25, 0.3) is 0 Å². The van der Waals surface area contributed by atoms with Crippen LogP contribution < -0.4 is 5.32 Å². The molecule has 106 valence electrons. The zero-order chi connectivity index (χ0) is 14.6. The zero-order valence-corrected chi connectivity index (χ0v) is 12.7. The van der Waals surface area contributed by atoms with Crippen molar-refractivity contribution in [2.75, 3.05) is 0 Å². The van der Waals surface area contributed by atoms with E-state index in [-0.39, 0.29) is 17.2 Å². The van der Waals surface area contributed by atoms with Crippen LogP contribution in [0.1, 0.15) is 61.3 Å². The number of rotatable bonds is 4. The Hall–Kier alpha value is -1.06. The first-order chi connectivity index (χ1) is 7.92. The summed E-state index contributed by atoms with van der Waals surface area (Å²) in [4.78, 5) is 22.8. The molecule has 0 rings (SSSR count). The van der Waals surface area contributed by atoms with Crippen LogP contribution in [0, 0.1) is 5.41 Å². The molecule has 0 aromatic rings. The van der Waals surface area contributed by atoms with E-state index in [0.717, 1.165) is 0 Å². The molecule has 0 radical (unpaired) electrons. The number of ketones is 1. The lowest BCUT2D eigenvalue weighted by Crippen LogP contribution is -2.45. The fraction of sp³-hybridized carbons (Fsp3) is 0.857. The Bertz CT molecular complexity index is 297. The normalized spacial score (nSPS) is 13.9. The third-order valence-electron chi connectivity index (χ3n) is 2.52. The molecule has 0 aromatic heterocycles. The van der Waals surface area contributed by atoms with Crippen molar-refractivity contribution in [1.29, 1.82) is 0 Å². The summed E-state index contributed by atoms with van der Waals surface area (Å²) in [5.74, 6) is 0.134. The predicted molar refractivity (Wildman–Crippen MR) is 72.5 cm³/mol. The van der Waals surface area contributed by atoms with E-state index >= 15 is 0 Å². The molecule has 1 unspecified atom stereocenters. The summed E-state index contributed by atoms with van der Waals surface area (Å²) in [6.07, 6.45) is 0.682. The molecule has 0 bridgehead atoms. The Labute approximate surface area is 110 Å². The second-order valence-corrected chi connectivity index (χ2v) is 6.81. The summed E-state index contributed by atoms with van der Waals surface area (Å²) >= 11 is 0. The van der Waals surface area contributed by atoms with Gasteiger partial charge in [-0.15, -0.1) is 0 Å². The molecule has 0 heterocycles. The molecule has 4 heteroatoms. The van der Waals surface area contributed by atoms with Crippen LogP contribution in [0.3, 0.4) is 0 Å². The van der Waals surface area contributed by atoms with Crippen molar-refractivity contribution in [2.45, 2.75) is 73.0 Å². The van der Waals surface area contributed by atoms with E-state index in [1.807, 2.05) is 41.5 Å². The summed E-state index contributed by atoms with van der Waals surface area (Å²) in [5.41, 5.74) is -0.612. The van der Waals surface area contributed by atoms with Gasteiger partial charge in [0, 0.05) is 12.5 Å². The number of nitrogens with one attached hydrogen (secondary N) is 1. The minimum Gasteiger partial charge on any atom is -0.444 e. The molecular weight excluding hydrogens is 230 g/mol. The average molecular weight is 257 g/mol. The van der Waals surface area contributed by atoms with Gasteiger partial charge in [-0.3, -0.25) is 0 Å². The molecule has 0 saturated carbocycles. The van der Waals surface area contributed by atoms with Crippen molar-refractivity contribution in [3.63, 3.8) is 0 Å². The number of ether oxygens (including phenoxy) is 1. The van der Waals surface area contributed by atoms with Gasteiger partial charge in [-0.05, 0) is 39.5 Å². The minimum atomic E-state index is -0.507. The van der Waals surface area contributed by atoms with Gasteiger partial charge < -0.3 is 14.8 Å². The van der Waals surface area contributed by atoms with Crippen molar-refractivity contribution in [1.82, 2.24) is 5.32 Å². The summed E-state index contributed by atoms with van der Waals surface area (Å²) in [5, 5.41) is 2.86. The molecule has 18 heavy (non-hydrogen) atoms. The SMILES string of the molecule is CC(=O)CCC(NC(=O)OC(C)(C)C)C(C)(C)C. The van der Waals surface area contributed by atoms with Crippen molar-refractivity contribution in [2.24, 2.45) is 5.41 Å². The molecule has 1 atom stereocenters. The predicted octanol–water partition coefficient (Wildman–Crippen LogP) is 3.30. The molecule has 0 aromatic carbocycles. The monoisotopic (exact) mass is 257 g/mol. The Kier molecular flexibility index (Phi) is 5.84. The van der Waals surface area contributed by atoms with Crippen LogP contribution in [-0.2, 0) is 9.53 Å². The van der Waals surface area contributed by atoms with Crippen LogP contribution >= 0.6 is 0 Å². The highest BCUT2D eigenvalue weighted by Gasteiger charge is 2.28. The molecule has 1 amide bonds. The molecule has 0 aliphatic carbocycles. The van der Waals surface area contributed by atoms with E-state index < -0.39 is 11.7 Å². The van der Waals surface area contributed by atoms with Crippen LogP contribution in [-0.4, -0.2) is 23.5 Å². The third-order valence-corrected chi connectivity index (χ3v) is 2.52. The lowest BCUT2D eigenvalue weighted by molar-refractivity contribution is -0.117. The maximum absolute atomic E-state index is 11.7. The topological polar surface area (TPSA) is 55.4 Å². The van der Waals surface area contributed by atoms with E-state index in [1.54, 1.807) is 6.92 Å². The van der Waals surface area contributed by atoms with Crippen molar-refractivity contribution < 1.29 is 14.3 Å². The highest BCUT2D eigenvalue weighted by atomic mass is 16.6. The van der Waals surface area contributed by atoms with Gasteiger partial charge in [0.1, 0.15) is 11.4 Å². The molecule has 0 aliphatic heterocycles. The summed E-state index contributed by atoms with van der Waals surface area (Å²) in [6.45, 7) is 13.2. The third kappa shape index (κ3) is 8.09. The maximum Gasteiger partial charge on any atom is 0.407 e. The second-order valence-electron chi connectivity index (χ2n) is 6.81. The first-order valence-corrected chi connectivity index (χ1v) is 6.41. The van der Waals surface area contributed by atoms with Crippen LogP contribution in [0.2, 0.25) is 0 Å². The highest BCUT2D eigenvalue weighted by Crippen LogP contribution is 2.23. The van der Waals surface area contributed by atoms with Crippen LogP contribution in [0.25, 0.3) is 0 Å². The van der Waals surface area contributed by atoms with Gasteiger partial charge in [-0.1, -0.05) is 20.8 Å². The molecule has 1 N–H and O–H groups in total. The van der Waals surface area contributed by atoms with Crippen molar-refractivity contribution in [3.05, 3.63) is 0 Å². The Morgan fingerprint density at radius 3 is 1.94 bits per heavy atom. The number of carbonyl (C=O) groups excluding carboxylic acids is 2. The van der Waals surface area contributed by atoms with Gasteiger partial charge in [-0.2, -0.15) is 0 Å². The Morgan fingerprint density at radius 1 is 1.11 bits per heavy atom. The fourth-order valence-corrected chi connectivity index (χ4v) is 1.52. The van der Waals surface area contributed by atoms with E-state index in [0.29, 0.717) is 12.8 Å². The fourth-order valence-electron chi connectivity index (χ4n) is 1.52. The molecule has 0 spiro atoms. The number of hydrogen-bond donors (Lipinski definition) is 1. The van der Waals surface area contributed by atoms with Crippen LogP contribution in [0.5, 0.6) is 0 Å². The van der Waals surface area contributed by atoms with Crippen LogP contribution in [0.4, 0.5) is 4.79 Å².